The van der Waals surface area contributed by atoms with E-state index in [-0.39, 0.29) is 0 Å². The molecule has 0 unspecified atom stereocenters. The van der Waals surface area contributed by atoms with Gasteiger partial charge in [0.2, 0.25) is 6.29 Å². The summed E-state index contributed by atoms with van der Waals surface area (Å²) in [5.74, 6) is 0.448. The molecule has 1 heterocycles. The molecule has 1 fully saturated rings. The average molecular weight is 385 g/mol. The van der Waals surface area contributed by atoms with Crippen molar-refractivity contribution in [1.29, 1.82) is 0 Å². The third kappa shape index (κ3) is 3.35. The summed E-state index contributed by atoms with van der Waals surface area (Å²) < 4.78 is 11.9. The number of hydrogen-bond acceptors (Lipinski definition) is 6. The Morgan fingerprint density at radius 2 is 1.65 bits per heavy atom. The lowest BCUT2D eigenvalue weighted by atomic mass is 9.99. The average Bonchev–Trinajstić information content (AvgIpc) is 2.55. The third-order valence-electron chi connectivity index (χ3n) is 3.87. The summed E-state index contributed by atoms with van der Waals surface area (Å²) in [6.45, 7) is -0.490. The molecule has 0 amide bonds. The van der Waals surface area contributed by atoms with Crippen LogP contribution in [-0.2, 0) is 4.74 Å². The second kappa shape index (κ2) is 6.72. The van der Waals surface area contributed by atoms with Gasteiger partial charge in [-0.25, -0.2) is 0 Å². The Hall–Kier alpha value is -1.22. The van der Waals surface area contributed by atoms with Gasteiger partial charge >= 0.3 is 0 Å². The van der Waals surface area contributed by atoms with E-state index < -0.39 is 37.3 Å². The maximum absolute atomic E-state index is 9.98. The van der Waals surface area contributed by atoms with Crippen molar-refractivity contribution in [3.63, 3.8) is 0 Å². The van der Waals surface area contributed by atoms with E-state index in [0.717, 1.165) is 15.2 Å². The van der Waals surface area contributed by atoms with E-state index in [9.17, 15) is 20.4 Å². The van der Waals surface area contributed by atoms with E-state index in [0.29, 0.717) is 5.75 Å². The van der Waals surface area contributed by atoms with Crippen molar-refractivity contribution in [2.24, 2.45) is 0 Å². The zero-order valence-corrected chi connectivity index (χ0v) is 13.6. The Kier molecular flexibility index (Phi) is 4.86. The Morgan fingerprint density at radius 1 is 0.957 bits per heavy atom. The van der Waals surface area contributed by atoms with Gasteiger partial charge in [-0.3, -0.25) is 0 Å². The van der Waals surface area contributed by atoms with Crippen LogP contribution >= 0.6 is 15.9 Å². The summed E-state index contributed by atoms with van der Waals surface area (Å²) in [5, 5.41) is 40.6. The van der Waals surface area contributed by atoms with E-state index in [1.54, 1.807) is 12.1 Å². The van der Waals surface area contributed by atoms with Crippen molar-refractivity contribution in [3.05, 3.63) is 40.9 Å². The van der Waals surface area contributed by atoms with Crippen LogP contribution in [0.2, 0.25) is 0 Å². The van der Waals surface area contributed by atoms with Crippen molar-refractivity contribution in [1.82, 2.24) is 0 Å². The number of halogens is 1. The molecule has 4 N–H and O–H groups in total. The first-order valence-electron chi connectivity index (χ1n) is 7.16. The summed E-state index contributed by atoms with van der Waals surface area (Å²) in [4.78, 5) is 0. The zero-order valence-electron chi connectivity index (χ0n) is 12.0. The molecule has 23 heavy (non-hydrogen) atoms. The highest BCUT2D eigenvalue weighted by Crippen LogP contribution is 2.28. The van der Waals surface area contributed by atoms with Gasteiger partial charge in [-0.05, 0) is 35.0 Å². The number of fused-ring (bicyclic) bond motifs is 1. The predicted molar refractivity (Wildman–Crippen MR) is 86.0 cm³/mol. The monoisotopic (exact) mass is 384 g/mol. The molecule has 124 valence electrons. The van der Waals surface area contributed by atoms with Gasteiger partial charge in [0, 0.05) is 4.47 Å². The maximum atomic E-state index is 9.98. The van der Waals surface area contributed by atoms with E-state index in [1.807, 2.05) is 24.3 Å². The van der Waals surface area contributed by atoms with Crippen LogP contribution in [0, 0.1) is 0 Å². The zero-order chi connectivity index (χ0) is 16.6. The molecule has 0 aliphatic carbocycles. The summed E-state index contributed by atoms with van der Waals surface area (Å²) in [7, 11) is 0. The molecule has 0 aromatic heterocycles. The fourth-order valence-electron chi connectivity index (χ4n) is 2.57. The number of aliphatic hydroxyl groups is 4. The van der Waals surface area contributed by atoms with Gasteiger partial charge in [0.15, 0.2) is 0 Å². The fraction of sp³-hybridized carbons (Fsp3) is 0.375. The minimum atomic E-state index is -1.46. The van der Waals surface area contributed by atoms with Crippen LogP contribution in [0.1, 0.15) is 0 Å². The summed E-state index contributed by atoms with van der Waals surface area (Å²) in [6, 6.07) is 11.1. The summed E-state index contributed by atoms with van der Waals surface area (Å²) in [6.07, 6.45) is -6.45. The molecule has 5 atom stereocenters. The minimum absolute atomic E-state index is 0.448. The Morgan fingerprint density at radius 3 is 2.39 bits per heavy atom. The molecule has 2 aromatic rings. The lowest BCUT2D eigenvalue weighted by Gasteiger charge is -2.39. The number of rotatable bonds is 3. The molecule has 3 rings (SSSR count). The van der Waals surface area contributed by atoms with Crippen molar-refractivity contribution in [2.75, 3.05) is 6.61 Å². The molecule has 0 spiro atoms. The molecule has 2 aromatic carbocycles. The third-order valence-corrected chi connectivity index (χ3v) is 4.37. The van der Waals surface area contributed by atoms with E-state index in [2.05, 4.69) is 15.9 Å². The summed E-state index contributed by atoms with van der Waals surface area (Å²) >= 11 is 3.41. The first-order valence-corrected chi connectivity index (χ1v) is 7.95. The molecule has 7 heteroatoms. The van der Waals surface area contributed by atoms with Gasteiger partial charge < -0.3 is 29.9 Å². The van der Waals surface area contributed by atoms with Crippen molar-refractivity contribution < 1.29 is 29.9 Å². The molecule has 6 nitrogen and oxygen atoms in total. The van der Waals surface area contributed by atoms with E-state index in [4.69, 9.17) is 9.47 Å². The molecular formula is C16H17BrO6. The Bertz CT molecular complexity index is 691. The predicted octanol–water partition coefficient (Wildman–Crippen LogP) is 0.781. The van der Waals surface area contributed by atoms with Gasteiger partial charge in [-0.2, -0.15) is 0 Å². The fourth-order valence-corrected chi connectivity index (χ4v) is 2.95. The molecule has 0 radical (unpaired) electrons. The number of hydrogen-bond donors (Lipinski definition) is 4. The maximum Gasteiger partial charge on any atom is 0.229 e. The molecule has 0 bridgehead atoms. The second-order valence-electron chi connectivity index (χ2n) is 5.47. The van der Waals surface area contributed by atoms with Gasteiger partial charge in [0.25, 0.3) is 0 Å². The van der Waals surface area contributed by atoms with Crippen LogP contribution in [-0.4, -0.2) is 57.7 Å². The molecule has 1 aliphatic heterocycles. The first-order chi connectivity index (χ1) is 11.0. The SMILES string of the molecule is OC[C@H]1O[C@H](Oc2ccc3cc(Br)ccc3c2)[C@H](O)[C@H](O)[C@H]1O. The van der Waals surface area contributed by atoms with E-state index in [1.165, 1.54) is 0 Å². The highest BCUT2D eigenvalue weighted by Gasteiger charge is 2.44. The second-order valence-corrected chi connectivity index (χ2v) is 6.38. The standard InChI is InChI=1S/C16H17BrO6/c17-10-3-1-9-6-11(4-2-8(9)5-10)22-16-15(21)14(20)13(19)12(7-18)23-16/h1-6,12-16,18-21H,7H2/t12-,13+,14-,15-,16+/m1/s1. The first kappa shape index (κ1) is 16.6. The highest BCUT2D eigenvalue weighted by atomic mass is 79.9. The topological polar surface area (TPSA) is 99.4 Å². The van der Waals surface area contributed by atoms with Crippen LogP contribution in [0.15, 0.2) is 40.9 Å². The quantitative estimate of drug-likeness (QED) is 0.624. The normalized spacial score (nSPS) is 31.3. The van der Waals surface area contributed by atoms with Crippen LogP contribution < -0.4 is 4.74 Å². The van der Waals surface area contributed by atoms with Crippen LogP contribution in [0.5, 0.6) is 5.75 Å². The Labute approximate surface area is 141 Å². The van der Waals surface area contributed by atoms with Crippen LogP contribution in [0.3, 0.4) is 0 Å². The molecule has 0 saturated carbocycles. The van der Waals surface area contributed by atoms with Crippen LogP contribution in [0.25, 0.3) is 10.8 Å². The van der Waals surface area contributed by atoms with Gasteiger partial charge in [0.1, 0.15) is 30.2 Å². The minimum Gasteiger partial charge on any atom is -0.462 e. The number of ether oxygens (including phenoxy) is 2. The Balaban J connectivity index is 1.81. The molecule has 1 saturated heterocycles. The van der Waals surface area contributed by atoms with Crippen molar-refractivity contribution in [2.45, 2.75) is 30.7 Å². The van der Waals surface area contributed by atoms with Crippen molar-refractivity contribution in [3.8, 4) is 5.75 Å². The lowest BCUT2D eigenvalue weighted by Crippen LogP contribution is -2.60. The summed E-state index contributed by atoms with van der Waals surface area (Å²) in [5.41, 5.74) is 0. The molecule has 1 aliphatic rings. The van der Waals surface area contributed by atoms with Gasteiger partial charge in [-0.15, -0.1) is 0 Å². The largest absolute Gasteiger partial charge is 0.462 e. The van der Waals surface area contributed by atoms with Gasteiger partial charge in [-0.1, -0.05) is 28.1 Å². The number of aliphatic hydroxyl groups excluding tert-OH is 4. The molecular weight excluding hydrogens is 368 g/mol. The van der Waals surface area contributed by atoms with E-state index >= 15 is 0 Å². The van der Waals surface area contributed by atoms with Gasteiger partial charge in [0.05, 0.1) is 6.61 Å². The smallest absolute Gasteiger partial charge is 0.229 e. The van der Waals surface area contributed by atoms with Crippen LogP contribution in [0.4, 0.5) is 0 Å². The number of benzene rings is 2. The van der Waals surface area contributed by atoms with Crippen molar-refractivity contribution >= 4 is 26.7 Å². The lowest BCUT2D eigenvalue weighted by molar-refractivity contribution is -0.277. The highest BCUT2D eigenvalue weighted by molar-refractivity contribution is 9.10.